The van der Waals surface area contributed by atoms with Crippen LogP contribution in [0.3, 0.4) is 0 Å². The molecular weight excluding hydrogens is 358 g/mol. The first-order valence-corrected chi connectivity index (χ1v) is 9.30. The lowest BCUT2D eigenvalue weighted by Gasteiger charge is -2.11. The first-order chi connectivity index (χ1) is 11.7. The van der Waals surface area contributed by atoms with E-state index in [1.54, 1.807) is 0 Å². The van der Waals surface area contributed by atoms with E-state index in [1.807, 2.05) is 0 Å². The van der Waals surface area contributed by atoms with Crippen LogP contribution in [0.4, 0.5) is 0 Å². The summed E-state index contributed by atoms with van der Waals surface area (Å²) in [6.07, 6.45) is 5.41. The van der Waals surface area contributed by atoms with Crippen molar-refractivity contribution in [3.05, 3.63) is 69.8 Å². The van der Waals surface area contributed by atoms with Gasteiger partial charge in [-0.1, -0.05) is 65.0 Å². The number of hydrogen-bond donors (Lipinski definition) is 1. The fourth-order valence-electron chi connectivity index (χ4n) is 2.89. The molecule has 122 valence electrons. The van der Waals surface area contributed by atoms with Crippen LogP contribution in [-0.4, -0.2) is 4.98 Å². The van der Waals surface area contributed by atoms with E-state index in [2.05, 4.69) is 95.3 Å². The minimum absolute atomic E-state index is 0.102. The maximum absolute atomic E-state index is 3.59. The molecule has 0 bridgehead atoms. The highest BCUT2D eigenvalue weighted by Crippen LogP contribution is 2.32. The van der Waals surface area contributed by atoms with Gasteiger partial charge < -0.3 is 4.98 Å². The van der Waals surface area contributed by atoms with E-state index in [0.29, 0.717) is 0 Å². The second kappa shape index (κ2) is 7.73. The summed E-state index contributed by atoms with van der Waals surface area (Å²) < 4.78 is 1.09. The molecule has 0 aliphatic carbocycles. The number of fused-ring (bicyclic) bond motifs is 1. The maximum Gasteiger partial charge on any atom is 0.0722 e. The molecule has 0 radical (unpaired) electrons. The number of hydrogen-bond acceptors (Lipinski definition) is 0. The molecule has 2 aromatic carbocycles. The average molecular weight is 380 g/mol. The Morgan fingerprint density at radius 1 is 1.12 bits per heavy atom. The van der Waals surface area contributed by atoms with Crippen LogP contribution in [0.1, 0.15) is 48.8 Å². The van der Waals surface area contributed by atoms with E-state index in [1.165, 1.54) is 28.5 Å². The van der Waals surface area contributed by atoms with Gasteiger partial charge in [-0.05, 0) is 42.7 Å². The third-order valence-electron chi connectivity index (χ3n) is 4.30. The second-order valence-corrected chi connectivity index (χ2v) is 7.12. The van der Waals surface area contributed by atoms with Crippen molar-refractivity contribution in [2.24, 2.45) is 0 Å². The highest BCUT2D eigenvalue weighted by atomic mass is 79.9. The summed E-state index contributed by atoms with van der Waals surface area (Å²) in [5.41, 5.74) is 4.93. The standard InChI is InChI=1S/C22H22BrN/c1-3-4-5-6-7-19(17-10-8-16(2)9-11-17)21-15-24-22-13-12-18(23)14-20(21)22/h8-15,19,24H,3-5H2,1-2H3. The molecule has 0 aliphatic heterocycles. The van der Waals surface area contributed by atoms with Gasteiger partial charge in [0.2, 0.25) is 0 Å². The smallest absolute Gasteiger partial charge is 0.0722 e. The van der Waals surface area contributed by atoms with Crippen LogP contribution >= 0.6 is 15.9 Å². The van der Waals surface area contributed by atoms with E-state index in [9.17, 15) is 0 Å². The number of unbranched alkanes of at least 4 members (excludes halogenated alkanes) is 2. The van der Waals surface area contributed by atoms with E-state index < -0.39 is 0 Å². The molecular formula is C22H22BrN. The number of aromatic nitrogens is 1. The van der Waals surface area contributed by atoms with Crippen LogP contribution in [0.2, 0.25) is 0 Å². The summed E-state index contributed by atoms with van der Waals surface area (Å²) in [5.74, 6) is 7.01. The van der Waals surface area contributed by atoms with Crippen molar-refractivity contribution in [1.82, 2.24) is 4.98 Å². The van der Waals surface area contributed by atoms with Gasteiger partial charge in [0.25, 0.3) is 0 Å². The number of benzene rings is 2. The lowest BCUT2D eigenvalue weighted by Crippen LogP contribution is -1.98. The monoisotopic (exact) mass is 379 g/mol. The van der Waals surface area contributed by atoms with Crippen molar-refractivity contribution in [2.75, 3.05) is 0 Å². The van der Waals surface area contributed by atoms with Gasteiger partial charge >= 0.3 is 0 Å². The van der Waals surface area contributed by atoms with E-state index in [-0.39, 0.29) is 5.92 Å². The van der Waals surface area contributed by atoms with Gasteiger partial charge in [0.05, 0.1) is 5.92 Å². The van der Waals surface area contributed by atoms with Gasteiger partial charge in [0.15, 0.2) is 0 Å². The van der Waals surface area contributed by atoms with Gasteiger partial charge in [-0.3, -0.25) is 0 Å². The molecule has 24 heavy (non-hydrogen) atoms. The molecule has 1 unspecified atom stereocenters. The van der Waals surface area contributed by atoms with Crippen molar-refractivity contribution < 1.29 is 0 Å². The molecule has 1 aromatic heterocycles. The predicted octanol–water partition coefficient (Wildman–Crippen LogP) is 6.56. The number of halogens is 1. The van der Waals surface area contributed by atoms with Gasteiger partial charge in [-0.25, -0.2) is 0 Å². The molecule has 0 saturated heterocycles. The molecule has 0 spiro atoms. The lowest BCUT2D eigenvalue weighted by molar-refractivity contribution is 0.827. The minimum Gasteiger partial charge on any atom is -0.361 e. The molecule has 1 nitrogen and oxygen atoms in total. The Morgan fingerprint density at radius 2 is 1.92 bits per heavy atom. The third-order valence-corrected chi connectivity index (χ3v) is 4.79. The third kappa shape index (κ3) is 3.74. The van der Waals surface area contributed by atoms with Crippen LogP contribution in [0.5, 0.6) is 0 Å². The molecule has 1 N–H and O–H groups in total. The summed E-state index contributed by atoms with van der Waals surface area (Å²) in [6.45, 7) is 4.32. The van der Waals surface area contributed by atoms with Crippen LogP contribution in [0, 0.1) is 18.8 Å². The first kappa shape index (κ1) is 16.9. The van der Waals surface area contributed by atoms with Crippen LogP contribution < -0.4 is 0 Å². The van der Waals surface area contributed by atoms with Crippen molar-refractivity contribution in [3.63, 3.8) is 0 Å². The maximum atomic E-state index is 3.59. The molecule has 1 atom stereocenters. The Labute approximate surface area is 152 Å². The molecule has 3 aromatic rings. The normalized spacial score (nSPS) is 12.0. The van der Waals surface area contributed by atoms with E-state index in [4.69, 9.17) is 0 Å². The van der Waals surface area contributed by atoms with Gasteiger partial charge in [-0.2, -0.15) is 0 Å². The average Bonchev–Trinajstić information content (AvgIpc) is 2.99. The SMILES string of the molecule is CCCCC#CC(c1ccc(C)cc1)c1c[nH]c2ccc(Br)cc12. The molecule has 0 fully saturated rings. The quantitative estimate of drug-likeness (QED) is 0.389. The number of nitrogens with one attached hydrogen (secondary N) is 1. The van der Waals surface area contributed by atoms with Crippen LogP contribution in [0.15, 0.2) is 53.1 Å². The molecule has 0 saturated carbocycles. The molecule has 3 rings (SSSR count). The zero-order chi connectivity index (χ0) is 16.9. The van der Waals surface area contributed by atoms with Crippen molar-refractivity contribution in [2.45, 2.75) is 39.0 Å². The largest absolute Gasteiger partial charge is 0.361 e. The van der Waals surface area contributed by atoms with E-state index >= 15 is 0 Å². The Hall–Kier alpha value is -1.98. The van der Waals surface area contributed by atoms with Crippen LogP contribution in [0.25, 0.3) is 10.9 Å². The van der Waals surface area contributed by atoms with E-state index in [0.717, 1.165) is 22.8 Å². The molecule has 0 aliphatic rings. The molecule has 2 heteroatoms. The van der Waals surface area contributed by atoms with Crippen LogP contribution in [-0.2, 0) is 0 Å². The van der Waals surface area contributed by atoms with Gasteiger partial charge in [-0.15, -0.1) is 5.92 Å². The lowest BCUT2D eigenvalue weighted by atomic mass is 9.91. The summed E-state index contributed by atoms with van der Waals surface area (Å²) in [5, 5.41) is 1.24. The fourth-order valence-corrected chi connectivity index (χ4v) is 3.25. The summed E-state index contributed by atoms with van der Waals surface area (Å²) in [6, 6.07) is 15.1. The highest BCUT2D eigenvalue weighted by molar-refractivity contribution is 9.10. The number of aromatic amines is 1. The van der Waals surface area contributed by atoms with Crippen molar-refractivity contribution in [1.29, 1.82) is 0 Å². The summed E-state index contributed by atoms with van der Waals surface area (Å²) >= 11 is 3.59. The number of aryl methyl sites for hydroxylation is 1. The van der Waals surface area contributed by atoms with Crippen molar-refractivity contribution in [3.8, 4) is 11.8 Å². The summed E-state index contributed by atoms with van der Waals surface area (Å²) in [4.78, 5) is 3.39. The first-order valence-electron chi connectivity index (χ1n) is 8.50. The zero-order valence-corrected chi connectivity index (χ0v) is 15.8. The zero-order valence-electron chi connectivity index (χ0n) is 14.2. The number of H-pyrrole nitrogens is 1. The molecule has 0 amide bonds. The molecule has 1 heterocycles. The topological polar surface area (TPSA) is 15.8 Å². The Balaban J connectivity index is 2.06. The highest BCUT2D eigenvalue weighted by Gasteiger charge is 2.16. The predicted molar refractivity (Wildman–Crippen MR) is 106 cm³/mol. The van der Waals surface area contributed by atoms with Gasteiger partial charge in [0, 0.05) is 28.0 Å². The fraction of sp³-hybridized carbons (Fsp3) is 0.273. The Kier molecular flexibility index (Phi) is 5.43. The second-order valence-electron chi connectivity index (χ2n) is 6.20. The van der Waals surface area contributed by atoms with Gasteiger partial charge in [0.1, 0.15) is 0 Å². The number of rotatable bonds is 4. The Morgan fingerprint density at radius 3 is 2.67 bits per heavy atom. The van der Waals surface area contributed by atoms with Crippen molar-refractivity contribution >= 4 is 26.8 Å². The summed E-state index contributed by atoms with van der Waals surface area (Å²) in [7, 11) is 0. The Bertz CT molecular complexity index is 878. The minimum atomic E-state index is 0.102.